The van der Waals surface area contributed by atoms with Crippen LogP contribution >= 0.6 is 22.7 Å². The van der Waals surface area contributed by atoms with Crippen molar-refractivity contribution in [2.45, 2.75) is 0 Å². The molecule has 0 saturated carbocycles. The molecule has 0 aliphatic heterocycles. The molecule has 0 atom stereocenters. The van der Waals surface area contributed by atoms with E-state index in [1.54, 1.807) is 22.7 Å². The highest BCUT2D eigenvalue weighted by Gasteiger charge is 2.19. The zero-order valence-corrected chi connectivity index (χ0v) is 42.4. The molecule has 0 amide bonds. The number of fused-ring (bicyclic) bond motifs is 2. The summed E-state index contributed by atoms with van der Waals surface area (Å²) in [6.07, 6.45) is 0. The van der Waals surface area contributed by atoms with Crippen LogP contribution < -0.4 is 21.1 Å². The summed E-state index contributed by atoms with van der Waals surface area (Å²) in [6.45, 7) is 0. The lowest BCUT2D eigenvalue weighted by Gasteiger charge is -2.25. The fourth-order valence-electron chi connectivity index (χ4n) is 9.91. The molecule has 0 saturated heterocycles. The maximum Gasteiger partial charge on any atom is 0.344 e. The predicted molar refractivity (Wildman–Crippen MR) is 316 cm³/mol. The molecule has 362 valence electrons. The van der Waals surface area contributed by atoms with Gasteiger partial charge in [0.05, 0.1) is 21.8 Å². The van der Waals surface area contributed by atoms with Crippen LogP contribution in [0.4, 0.5) is 33.4 Å². The molecule has 6 nitrogen and oxygen atoms in total. The second-order valence-electron chi connectivity index (χ2n) is 18.5. The Morgan fingerprint density at radius 3 is 1.16 bits per heavy atom. The van der Waals surface area contributed by atoms with Crippen molar-refractivity contribution in [3.05, 3.63) is 286 Å². The maximum absolute atomic E-state index is 13.6. The number of hydrogen-bond acceptors (Lipinski definition) is 8. The zero-order chi connectivity index (χ0) is 51.0. The lowest BCUT2D eigenvalue weighted by molar-refractivity contribution is 0.563. The van der Waals surface area contributed by atoms with Gasteiger partial charge in [-0.15, -0.1) is 11.3 Å². The van der Waals surface area contributed by atoms with Crippen molar-refractivity contribution in [1.29, 1.82) is 0 Å². The van der Waals surface area contributed by atoms with Gasteiger partial charge in [-0.05, 0) is 163 Å². The number of para-hydroxylation sites is 1. The molecule has 13 aromatic rings. The highest BCUT2D eigenvalue weighted by molar-refractivity contribution is 7.14. The molecule has 9 aromatic carbocycles. The van der Waals surface area contributed by atoms with Gasteiger partial charge in [-0.25, -0.2) is 9.59 Å². The van der Waals surface area contributed by atoms with Crippen LogP contribution in [0.5, 0.6) is 0 Å². The summed E-state index contributed by atoms with van der Waals surface area (Å²) in [4.78, 5) is 31.6. The summed E-state index contributed by atoms with van der Waals surface area (Å²) in [5.41, 5.74) is 16.4. The summed E-state index contributed by atoms with van der Waals surface area (Å²) in [5.74, 6) is 0. The van der Waals surface area contributed by atoms with Crippen LogP contribution in [0.1, 0.15) is 0 Å². The summed E-state index contributed by atoms with van der Waals surface area (Å²) >= 11 is 3.33. The van der Waals surface area contributed by atoms with E-state index in [0.717, 1.165) is 94.3 Å². The molecule has 76 heavy (non-hydrogen) atoms. The summed E-state index contributed by atoms with van der Waals surface area (Å²) < 4.78 is 12.1. The number of thiophene rings is 2. The van der Waals surface area contributed by atoms with E-state index in [2.05, 4.69) is 147 Å². The smallest absolute Gasteiger partial charge is 0.344 e. The first kappa shape index (κ1) is 46.2. The molecule has 0 radical (unpaired) electrons. The minimum atomic E-state index is -0.395. The minimum Gasteiger partial charge on any atom is -0.422 e. The largest absolute Gasteiger partial charge is 0.422 e. The third-order valence-corrected chi connectivity index (χ3v) is 15.4. The van der Waals surface area contributed by atoms with Crippen LogP contribution in [0.3, 0.4) is 0 Å². The molecule has 0 unspecified atom stereocenters. The first-order valence-corrected chi connectivity index (χ1v) is 26.7. The van der Waals surface area contributed by atoms with E-state index in [1.807, 2.05) is 127 Å². The van der Waals surface area contributed by atoms with Gasteiger partial charge in [0.2, 0.25) is 0 Å². The first-order valence-electron chi connectivity index (χ1n) is 24.9. The van der Waals surface area contributed by atoms with E-state index in [1.165, 1.54) is 5.56 Å². The maximum atomic E-state index is 13.6. The summed E-state index contributed by atoms with van der Waals surface area (Å²) in [5, 5.41) is 9.03. The van der Waals surface area contributed by atoms with Crippen molar-refractivity contribution < 1.29 is 8.83 Å². The Bertz CT molecular complexity index is 4270. The third kappa shape index (κ3) is 9.13. The molecule has 4 heterocycles. The average Bonchev–Trinajstić information content (AvgIpc) is 4.23. The average molecular weight is 1020 g/mol. The van der Waals surface area contributed by atoms with Crippen molar-refractivity contribution in [3.63, 3.8) is 0 Å². The van der Waals surface area contributed by atoms with Crippen LogP contribution in [-0.4, -0.2) is 0 Å². The quantitative estimate of drug-likeness (QED) is 0.114. The molecule has 4 aromatic heterocycles. The molecule has 8 heteroatoms. The normalized spacial score (nSPS) is 11.3. The van der Waals surface area contributed by atoms with Crippen molar-refractivity contribution in [2.24, 2.45) is 0 Å². The number of anilines is 6. The lowest BCUT2D eigenvalue weighted by Crippen LogP contribution is -2.10. The second kappa shape index (κ2) is 20.0. The Morgan fingerprint density at radius 1 is 0.303 bits per heavy atom. The van der Waals surface area contributed by atoms with Gasteiger partial charge in [0.25, 0.3) is 0 Å². The molecule has 0 N–H and O–H groups in total. The first-order chi connectivity index (χ1) is 37.5. The van der Waals surface area contributed by atoms with E-state index in [-0.39, 0.29) is 0 Å². The highest BCUT2D eigenvalue weighted by atomic mass is 32.1. The molecule has 0 aliphatic carbocycles. The topological polar surface area (TPSA) is 66.9 Å². The van der Waals surface area contributed by atoms with Gasteiger partial charge >= 0.3 is 11.3 Å². The number of rotatable bonds is 12. The Balaban J connectivity index is 0.705. The van der Waals surface area contributed by atoms with Crippen LogP contribution in [0.15, 0.2) is 283 Å². The SMILES string of the molecule is O=c1oc2cc(N(c3ccccc3)c3ccc(-c4ccsc4)cc3)ccc2cc1-c1ccc(-c2ccc(-c3ccc(-c4cc5ccc(N(c6ccc(-c7ccccc7)cc6)c6cccs6)cc5oc4=O)cc3)cc2)cc1. The molecular weight excluding hydrogens is 973 g/mol. The van der Waals surface area contributed by atoms with E-state index in [9.17, 15) is 9.59 Å². The summed E-state index contributed by atoms with van der Waals surface area (Å²) in [6, 6.07) is 84.2. The van der Waals surface area contributed by atoms with Gasteiger partial charge in [0.1, 0.15) is 11.2 Å². The van der Waals surface area contributed by atoms with Gasteiger partial charge in [-0.1, -0.05) is 146 Å². The van der Waals surface area contributed by atoms with Gasteiger partial charge in [-0.2, -0.15) is 11.3 Å². The summed E-state index contributed by atoms with van der Waals surface area (Å²) in [7, 11) is 0. The van der Waals surface area contributed by atoms with E-state index >= 15 is 0 Å². The molecule has 0 aliphatic rings. The Labute approximate surface area is 446 Å². The van der Waals surface area contributed by atoms with E-state index in [0.29, 0.717) is 22.3 Å². The van der Waals surface area contributed by atoms with Crippen LogP contribution in [0.25, 0.3) is 88.7 Å². The van der Waals surface area contributed by atoms with E-state index < -0.39 is 11.3 Å². The van der Waals surface area contributed by atoms with Crippen LogP contribution in [0, 0.1) is 0 Å². The van der Waals surface area contributed by atoms with Crippen molar-refractivity contribution in [1.82, 2.24) is 0 Å². The fourth-order valence-corrected chi connectivity index (χ4v) is 11.3. The lowest BCUT2D eigenvalue weighted by atomic mass is 9.97. The zero-order valence-electron chi connectivity index (χ0n) is 40.7. The van der Waals surface area contributed by atoms with Crippen molar-refractivity contribution in [2.75, 3.05) is 9.80 Å². The van der Waals surface area contributed by atoms with Crippen molar-refractivity contribution >= 4 is 78.1 Å². The van der Waals surface area contributed by atoms with Gasteiger partial charge in [-0.3, -0.25) is 0 Å². The third-order valence-electron chi connectivity index (χ3n) is 13.9. The monoisotopic (exact) mass is 1020 g/mol. The van der Waals surface area contributed by atoms with Gasteiger partial charge in [0.15, 0.2) is 0 Å². The number of hydrogen-bond donors (Lipinski definition) is 0. The fraction of sp³-hybridized carbons (Fsp3) is 0. The minimum absolute atomic E-state index is 0.392. The molecule has 13 rings (SSSR count). The van der Waals surface area contributed by atoms with Gasteiger partial charge in [0, 0.05) is 45.7 Å². The Hall–Kier alpha value is -9.60. The van der Waals surface area contributed by atoms with Crippen LogP contribution in [0.2, 0.25) is 0 Å². The Kier molecular flexibility index (Phi) is 12.2. The second-order valence-corrected chi connectivity index (χ2v) is 20.2. The van der Waals surface area contributed by atoms with Crippen LogP contribution in [-0.2, 0) is 0 Å². The standard InChI is InChI=1S/C68H44N2O4S2/c71-67-62(40-54-29-35-60(42-64(54)73-67)69(57-10-5-2-6-11-57)58-31-27-51(28-32-58)56-37-39-75-44-56)52-21-17-48(18-22-52)46-13-15-47(16-14-46)49-19-23-53(24-20-49)63-41-55-30-36-61(43-65(55)74-68(63)72)70(66-12-7-38-76-66)59-33-25-50(26-34-59)45-8-3-1-4-9-45/h1-44H. The predicted octanol–water partition coefficient (Wildman–Crippen LogP) is 19.0. The number of benzene rings is 9. The molecular formula is C68H44N2O4S2. The molecule has 0 bridgehead atoms. The van der Waals surface area contributed by atoms with Gasteiger partial charge < -0.3 is 18.6 Å². The highest BCUT2D eigenvalue weighted by Crippen LogP contribution is 2.41. The molecule has 0 spiro atoms. The van der Waals surface area contributed by atoms with Crippen molar-refractivity contribution in [3.8, 4) is 66.8 Å². The number of nitrogens with zero attached hydrogens (tertiary/aromatic N) is 2. The molecule has 0 fully saturated rings. The van der Waals surface area contributed by atoms with E-state index in [4.69, 9.17) is 8.83 Å². The Morgan fingerprint density at radius 2 is 0.697 bits per heavy atom.